The van der Waals surface area contributed by atoms with Gasteiger partial charge in [0.1, 0.15) is 11.6 Å². The number of rotatable bonds is 6. The number of benzene rings is 2. The van der Waals surface area contributed by atoms with Crippen LogP contribution in [0.2, 0.25) is 0 Å². The molecule has 0 bridgehead atoms. The van der Waals surface area contributed by atoms with Crippen LogP contribution in [0.1, 0.15) is 11.4 Å². The zero-order chi connectivity index (χ0) is 18.4. The van der Waals surface area contributed by atoms with Gasteiger partial charge >= 0.3 is 6.03 Å². The number of amides is 2. The molecular formula is C20H22N4O2. The molecule has 0 unspecified atom stereocenters. The molecule has 1 heterocycles. The first kappa shape index (κ1) is 17.5. The monoisotopic (exact) mass is 350 g/mol. The van der Waals surface area contributed by atoms with Crippen LogP contribution >= 0.6 is 0 Å². The molecule has 3 rings (SSSR count). The van der Waals surface area contributed by atoms with E-state index in [0.29, 0.717) is 18.0 Å². The smallest absolute Gasteiger partial charge is 0.321 e. The van der Waals surface area contributed by atoms with E-state index in [9.17, 15) is 4.79 Å². The number of urea groups is 1. The molecule has 1 N–H and O–H groups in total. The first-order valence-electron chi connectivity index (χ1n) is 8.36. The summed E-state index contributed by atoms with van der Waals surface area (Å²) in [7, 11) is 3.34. The number of ether oxygens (including phenoxy) is 1. The highest BCUT2D eigenvalue weighted by Gasteiger charge is 2.13. The second-order valence-electron chi connectivity index (χ2n) is 5.98. The van der Waals surface area contributed by atoms with Gasteiger partial charge in [-0.2, -0.15) is 0 Å². The summed E-state index contributed by atoms with van der Waals surface area (Å²) in [4.78, 5) is 18.4. The molecule has 6 heteroatoms. The topological polar surface area (TPSA) is 59.4 Å². The number of carbonyl (C=O) groups excluding carboxylic acids is 1. The maximum atomic E-state index is 12.4. The van der Waals surface area contributed by atoms with Crippen molar-refractivity contribution < 1.29 is 9.53 Å². The standard InChI is InChI=1S/C20H22N4O2/c1-23(20(25)22-17-9-6-10-18(13-17)26-2)15-19-21-11-12-24(19)14-16-7-4-3-5-8-16/h3-13H,14-15H2,1-2H3,(H,22,25). The van der Waals surface area contributed by atoms with Crippen molar-refractivity contribution in [2.24, 2.45) is 0 Å². The van der Waals surface area contributed by atoms with Crippen molar-refractivity contribution in [2.45, 2.75) is 13.1 Å². The number of hydrogen-bond donors (Lipinski definition) is 1. The predicted octanol–water partition coefficient (Wildman–Crippen LogP) is 3.60. The lowest BCUT2D eigenvalue weighted by molar-refractivity contribution is 0.219. The number of nitrogens with one attached hydrogen (secondary N) is 1. The Morgan fingerprint density at radius 3 is 2.77 bits per heavy atom. The van der Waals surface area contributed by atoms with E-state index < -0.39 is 0 Å². The number of anilines is 1. The number of carbonyl (C=O) groups is 1. The fourth-order valence-corrected chi connectivity index (χ4v) is 2.62. The van der Waals surface area contributed by atoms with Crippen LogP contribution in [-0.4, -0.2) is 34.6 Å². The molecule has 0 aliphatic carbocycles. The molecule has 0 fully saturated rings. The van der Waals surface area contributed by atoms with E-state index in [4.69, 9.17) is 4.74 Å². The van der Waals surface area contributed by atoms with Gasteiger partial charge in [0.25, 0.3) is 0 Å². The lowest BCUT2D eigenvalue weighted by Crippen LogP contribution is -2.32. The van der Waals surface area contributed by atoms with Gasteiger partial charge in [0.05, 0.1) is 13.7 Å². The summed E-state index contributed by atoms with van der Waals surface area (Å²) in [6.45, 7) is 1.14. The molecule has 134 valence electrons. The van der Waals surface area contributed by atoms with Crippen molar-refractivity contribution >= 4 is 11.7 Å². The molecule has 3 aromatic rings. The van der Waals surface area contributed by atoms with Gasteiger partial charge in [-0.25, -0.2) is 9.78 Å². The molecule has 6 nitrogen and oxygen atoms in total. The molecule has 2 amide bonds. The van der Waals surface area contributed by atoms with Crippen LogP contribution in [-0.2, 0) is 13.1 Å². The minimum atomic E-state index is -0.201. The molecule has 0 aliphatic heterocycles. The fraction of sp³-hybridized carbons (Fsp3) is 0.200. The van der Waals surface area contributed by atoms with E-state index in [2.05, 4.69) is 22.4 Å². The van der Waals surface area contributed by atoms with E-state index >= 15 is 0 Å². The lowest BCUT2D eigenvalue weighted by atomic mass is 10.2. The summed E-state index contributed by atoms with van der Waals surface area (Å²) in [6, 6.07) is 17.2. The first-order chi connectivity index (χ1) is 12.7. The van der Waals surface area contributed by atoms with Gasteiger partial charge in [0.15, 0.2) is 0 Å². The maximum absolute atomic E-state index is 12.4. The lowest BCUT2D eigenvalue weighted by Gasteiger charge is -2.19. The molecule has 0 aliphatic rings. The summed E-state index contributed by atoms with van der Waals surface area (Å²) in [6.07, 6.45) is 3.68. The molecule has 0 atom stereocenters. The maximum Gasteiger partial charge on any atom is 0.321 e. The SMILES string of the molecule is COc1cccc(NC(=O)N(C)Cc2nccn2Cc2ccccc2)c1. The normalized spacial score (nSPS) is 10.4. The van der Waals surface area contributed by atoms with Gasteiger partial charge < -0.3 is 19.5 Å². The van der Waals surface area contributed by atoms with Crippen LogP contribution in [0.4, 0.5) is 10.5 Å². The second-order valence-corrected chi connectivity index (χ2v) is 5.98. The number of methoxy groups -OCH3 is 1. The summed E-state index contributed by atoms with van der Waals surface area (Å²) < 4.78 is 7.22. The van der Waals surface area contributed by atoms with Crippen molar-refractivity contribution in [3.8, 4) is 5.75 Å². The summed E-state index contributed by atoms with van der Waals surface area (Å²) in [5.74, 6) is 1.53. The Morgan fingerprint density at radius 2 is 2.00 bits per heavy atom. The largest absolute Gasteiger partial charge is 0.497 e. The van der Waals surface area contributed by atoms with Crippen molar-refractivity contribution in [1.82, 2.24) is 14.5 Å². The average Bonchev–Trinajstić information content (AvgIpc) is 3.09. The van der Waals surface area contributed by atoms with Gasteiger partial charge in [-0.3, -0.25) is 0 Å². The third kappa shape index (κ3) is 4.42. The molecule has 0 saturated heterocycles. The van der Waals surface area contributed by atoms with E-state index in [-0.39, 0.29) is 6.03 Å². The van der Waals surface area contributed by atoms with Crippen molar-refractivity contribution in [3.05, 3.63) is 78.4 Å². The van der Waals surface area contributed by atoms with Crippen molar-refractivity contribution in [3.63, 3.8) is 0 Å². The highest BCUT2D eigenvalue weighted by atomic mass is 16.5. The zero-order valence-electron chi connectivity index (χ0n) is 14.9. The van der Waals surface area contributed by atoms with E-state index in [1.165, 1.54) is 5.56 Å². The average molecular weight is 350 g/mol. The number of imidazole rings is 1. The van der Waals surface area contributed by atoms with Crippen LogP contribution in [0.15, 0.2) is 67.0 Å². The van der Waals surface area contributed by atoms with Gasteiger partial charge in [-0.1, -0.05) is 36.4 Å². The van der Waals surface area contributed by atoms with Gasteiger partial charge in [-0.05, 0) is 17.7 Å². The Morgan fingerprint density at radius 1 is 1.19 bits per heavy atom. The Hall–Kier alpha value is -3.28. The predicted molar refractivity (Wildman–Crippen MR) is 101 cm³/mol. The van der Waals surface area contributed by atoms with Crippen LogP contribution in [0, 0.1) is 0 Å². The Labute approximate surface area is 153 Å². The molecular weight excluding hydrogens is 328 g/mol. The minimum Gasteiger partial charge on any atom is -0.497 e. The summed E-state index contributed by atoms with van der Waals surface area (Å²) in [5, 5.41) is 2.87. The van der Waals surface area contributed by atoms with Crippen molar-refractivity contribution in [2.75, 3.05) is 19.5 Å². The third-order valence-corrected chi connectivity index (χ3v) is 4.04. The highest BCUT2D eigenvalue weighted by Crippen LogP contribution is 2.17. The molecule has 0 spiro atoms. The minimum absolute atomic E-state index is 0.201. The van der Waals surface area contributed by atoms with E-state index in [0.717, 1.165) is 12.4 Å². The summed E-state index contributed by atoms with van der Waals surface area (Å²) in [5.41, 5.74) is 1.88. The fourth-order valence-electron chi connectivity index (χ4n) is 2.62. The number of aromatic nitrogens is 2. The molecule has 1 aromatic heterocycles. The molecule has 0 radical (unpaired) electrons. The van der Waals surface area contributed by atoms with Gasteiger partial charge in [-0.15, -0.1) is 0 Å². The van der Waals surface area contributed by atoms with Crippen molar-refractivity contribution in [1.29, 1.82) is 0 Å². The van der Waals surface area contributed by atoms with E-state index in [1.54, 1.807) is 31.3 Å². The second kappa shape index (κ2) is 8.20. The van der Waals surface area contributed by atoms with Crippen LogP contribution in [0.3, 0.4) is 0 Å². The summed E-state index contributed by atoms with van der Waals surface area (Å²) >= 11 is 0. The van der Waals surface area contributed by atoms with Crippen LogP contribution in [0.25, 0.3) is 0 Å². The molecule has 26 heavy (non-hydrogen) atoms. The quantitative estimate of drug-likeness (QED) is 0.739. The Kier molecular flexibility index (Phi) is 5.53. The Bertz CT molecular complexity index is 861. The molecule has 0 saturated carbocycles. The van der Waals surface area contributed by atoms with Gasteiger partial charge in [0, 0.05) is 37.7 Å². The Balaban J connectivity index is 1.63. The van der Waals surface area contributed by atoms with Gasteiger partial charge in [0.2, 0.25) is 0 Å². The third-order valence-electron chi connectivity index (χ3n) is 4.04. The number of nitrogens with zero attached hydrogens (tertiary/aromatic N) is 3. The first-order valence-corrected chi connectivity index (χ1v) is 8.36. The highest BCUT2D eigenvalue weighted by molar-refractivity contribution is 5.89. The molecule has 2 aromatic carbocycles. The van der Waals surface area contributed by atoms with E-state index in [1.807, 2.05) is 47.2 Å². The van der Waals surface area contributed by atoms with Crippen LogP contribution in [0.5, 0.6) is 5.75 Å². The van der Waals surface area contributed by atoms with Crippen LogP contribution < -0.4 is 10.1 Å². The zero-order valence-corrected chi connectivity index (χ0v) is 14.9. The number of hydrogen-bond acceptors (Lipinski definition) is 3.